The summed E-state index contributed by atoms with van der Waals surface area (Å²) >= 11 is 0. The van der Waals surface area contributed by atoms with Gasteiger partial charge in [-0.1, -0.05) is 48.5 Å². The Bertz CT molecular complexity index is 1200. The maximum Gasteiger partial charge on any atom is 0.335 e. The fourth-order valence-corrected chi connectivity index (χ4v) is 3.17. The molecule has 0 fully saturated rings. The second-order valence-electron chi connectivity index (χ2n) is 7.03. The minimum atomic E-state index is -0.903. The molecule has 0 atom stereocenters. The van der Waals surface area contributed by atoms with E-state index < -0.39 is 11.9 Å². The summed E-state index contributed by atoms with van der Waals surface area (Å²) in [6.45, 7) is 2.17. The molecule has 0 bridgehead atoms. The largest absolute Gasteiger partial charge is 0.478 e. The van der Waals surface area contributed by atoms with Gasteiger partial charge < -0.3 is 16.2 Å². The number of primary amides is 1. The molecular formula is C25H23N3O4. The van der Waals surface area contributed by atoms with Crippen LogP contribution < -0.4 is 11.1 Å². The molecule has 0 saturated heterocycles. The first-order valence-electron chi connectivity index (χ1n) is 9.89. The molecule has 0 aliphatic rings. The lowest BCUT2D eigenvalue weighted by atomic mass is 10.2. The van der Waals surface area contributed by atoms with E-state index in [0.717, 1.165) is 12.2 Å². The van der Waals surface area contributed by atoms with Gasteiger partial charge in [0.25, 0.3) is 5.91 Å². The number of amides is 1. The SMILES string of the molecule is CC(=O)n1cc(C(N)=O)c2ccccc21.O=C(O)c1ccc(NCc2ccccc2)cc1. The monoisotopic (exact) mass is 429 g/mol. The summed E-state index contributed by atoms with van der Waals surface area (Å²) in [5.74, 6) is -1.57. The summed E-state index contributed by atoms with van der Waals surface area (Å²) in [5.41, 5.74) is 8.72. The highest BCUT2D eigenvalue weighted by atomic mass is 16.4. The van der Waals surface area contributed by atoms with Gasteiger partial charge in [-0.05, 0) is 35.9 Å². The number of nitrogens with zero attached hydrogens (tertiary/aromatic N) is 1. The molecule has 4 N–H and O–H groups in total. The number of carboxylic acids is 1. The van der Waals surface area contributed by atoms with Gasteiger partial charge in [0.2, 0.25) is 5.91 Å². The number of anilines is 1. The fourth-order valence-electron chi connectivity index (χ4n) is 3.17. The van der Waals surface area contributed by atoms with Crippen LogP contribution in [0.5, 0.6) is 0 Å². The Morgan fingerprint density at radius 1 is 0.906 bits per heavy atom. The Balaban J connectivity index is 0.000000182. The van der Waals surface area contributed by atoms with Gasteiger partial charge in [-0.2, -0.15) is 0 Å². The second-order valence-corrected chi connectivity index (χ2v) is 7.03. The van der Waals surface area contributed by atoms with Crippen LogP contribution in [0, 0.1) is 0 Å². The smallest absolute Gasteiger partial charge is 0.335 e. The molecule has 0 unspecified atom stereocenters. The molecule has 0 radical (unpaired) electrons. The summed E-state index contributed by atoms with van der Waals surface area (Å²) in [4.78, 5) is 33.1. The van der Waals surface area contributed by atoms with E-state index in [1.54, 1.807) is 42.5 Å². The van der Waals surface area contributed by atoms with Crippen LogP contribution in [-0.4, -0.2) is 27.5 Å². The van der Waals surface area contributed by atoms with Crippen molar-refractivity contribution < 1.29 is 19.5 Å². The van der Waals surface area contributed by atoms with Crippen molar-refractivity contribution in [1.82, 2.24) is 4.57 Å². The average Bonchev–Trinajstić information content (AvgIpc) is 3.20. The highest BCUT2D eigenvalue weighted by Crippen LogP contribution is 2.20. The van der Waals surface area contributed by atoms with Crippen molar-refractivity contribution in [2.24, 2.45) is 5.73 Å². The summed E-state index contributed by atoms with van der Waals surface area (Å²) in [6, 6.07) is 23.9. The van der Waals surface area contributed by atoms with E-state index in [1.165, 1.54) is 23.3 Å². The van der Waals surface area contributed by atoms with Crippen molar-refractivity contribution in [2.75, 3.05) is 5.32 Å². The normalized spacial score (nSPS) is 10.2. The van der Waals surface area contributed by atoms with E-state index in [2.05, 4.69) is 5.32 Å². The lowest BCUT2D eigenvalue weighted by Gasteiger charge is -2.06. The number of carboxylic acid groups (broad SMARTS) is 1. The third-order valence-corrected chi connectivity index (χ3v) is 4.79. The molecule has 162 valence electrons. The molecule has 0 spiro atoms. The zero-order valence-corrected chi connectivity index (χ0v) is 17.5. The van der Waals surface area contributed by atoms with Gasteiger partial charge in [0.1, 0.15) is 0 Å². The number of carbonyl (C=O) groups is 3. The summed E-state index contributed by atoms with van der Waals surface area (Å²) < 4.78 is 1.43. The number of rotatable bonds is 5. The maximum absolute atomic E-state index is 11.3. The minimum Gasteiger partial charge on any atom is -0.478 e. The standard InChI is InChI=1S/C14H13NO2.C11H10N2O2/c16-14(17)12-6-8-13(9-7-12)15-10-11-4-2-1-3-5-11;1-7(14)13-6-9(11(12)15)8-4-2-3-5-10(8)13/h1-9,15H,10H2,(H,16,17);2-6H,1H3,(H2,12,15). The molecule has 0 aliphatic carbocycles. The number of para-hydroxylation sites is 1. The van der Waals surface area contributed by atoms with Crippen LogP contribution in [-0.2, 0) is 6.54 Å². The third-order valence-electron chi connectivity index (χ3n) is 4.79. The predicted octanol–water partition coefficient (Wildman–Crippen LogP) is 4.40. The molecule has 4 rings (SSSR count). The Morgan fingerprint density at radius 3 is 2.12 bits per heavy atom. The fraction of sp³-hybridized carbons (Fsp3) is 0.0800. The molecule has 0 aliphatic heterocycles. The maximum atomic E-state index is 11.3. The Kier molecular flexibility index (Phi) is 7.02. The Hall–Kier alpha value is -4.39. The lowest BCUT2D eigenvalue weighted by molar-refractivity contribution is 0.0696. The van der Waals surface area contributed by atoms with Crippen LogP contribution in [0.25, 0.3) is 10.9 Å². The highest BCUT2D eigenvalue weighted by molar-refractivity contribution is 6.08. The molecule has 1 amide bonds. The zero-order valence-electron chi connectivity index (χ0n) is 17.5. The van der Waals surface area contributed by atoms with Gasteiger partial charge in [-0.15, -0.1) is 0 Å². The van der Waals surface area contributed by atoms with E-state index in [1.807, 2.05) is 36.4 Å². The van der Waals surface area contributed by atoms with Gasteiger partial charge in [-0.25, -0.2) is 4.79 Å². The lowest BCUT2D eigenvalue weighted by Crippen LogP contribution is -2.10. The van der Waals surface area contributed by atoms with E-state index >= 15 is 0 Å². The van der Waals surface area contributed by atoms with Crippen molar-refractivity contribution in [1.29, 1.82) is 0 Å². The van der Waals surface area contributed by atoms with E-state index in [-0.39, 0.29) is 5.91 Å². The number of aromatic carboxylic acids is 1. The Labute approximate surface area is 185 Å². The third kappa shape index (κ3) is 5.40. The quantitative estimate of drug-likeness (QED) is 0.435. The molecule has 7 heteroatoms. The van der Waals surface area contributed by atoms with Crippen LogP contribution in [0.15, 0.2) is 85.1 Å². The van der Waals surface area contributed by atoms with Crippen molar-refractivity contribution in [3.8, 4) is 0 Å². The van der Waals surface area contributed by atoms with Crippen molar-refractivity contribution >= 4 is 34.4 Å². The highest BCUT2D eigenvalue weighted by Gasteiger charge is 2.13. The van der Waals surface area contributed by atoms with Crippen molar-refractivity contribution in [3.05, 3.63) is 102 Å². The molecule has 32 heavy (non-hydrogen) atoms. The molecule has 1 heterocycles. The topological polar surface area (TPSA) is 114 Å². The first-order chi connectivity index (χ1) is 15.4. The summed E-state index contributed by atoms with van der Waals surface area (Å²) in [6.07, 6.45) is 1.48. The second kappa shape index (κ2) is 10.1. The van der Waals surface area contributed by atoms with Crippen LogP contribution in [0.2, 0.25) is 0 Å². The number of hydrogen-bond acceptors (Lipinski definition) is 4. The van der Waals surface area contributed by atoms with Crippen molar-refractivity contribution in [2.45, 2.75) is 13.5 Å². The molecule has 4 aromatic rings. The van der Waals surface area contributed by atoms with Crippen molar-refractivity contribution in [3.63, 3.8) is 0 Å². The first-order valence-corrected chi connectivity index (χ1v) is 9.89. The van der Waals surface area contributed by atoms with Crippen LogP contribution >= 0.6 is 0 Å². The van der Waals surface area contributed by atoms with E-state index in [0.29, 0.717) is 22.0 Å². The summed E-state index contributed by atoms with van der Waals surface area (Å²) in [5, 5.41) is 12.7. The number of benzene rings is 3. The van der Waals surface area contributed by atoms with Crippen LogP contribution in [0.4, 0.5) is 5.69 Å². The number of carbonyl (C=O) groups excluding carboxylic acids is 2. The number of fused-ring (bicyclic) bond motifs is 1. The Morgan fingerprint density at radius 2 is 1.53 bits per heavy atom. The first kappa shape index (κ1) is 22.3. The number of aromatic nitrogens is 1. The molecule has 0 saturated carbocycles. The summed E-state index contributed by atoms with van der Waals surface area (Å²) in [7, 11) is 0. The average molecular weight is 429 g/mol. The van der Waals surface area contributed by atoms with Gasteiger partial charge in [0, 0.05) is 30.7 Å². The van der Waals surface area contributed by atoms with E-state index in [9.17, 15) is 14.4 Å². The molecule has 7 nitrogen and oxygen atoms in total. The van der Waals surface area contributed by atoms with Gasteiger partial charge in [0.05, 0.1) is 16.6 Å². The number of nitrogens with one attached hydrogen (secondary N) is 1. The van der Waals surface area contributed by atoms with E-state index in [4.69, 9.17) is 10.8 Å². The zero-order chi connectivity index (χ0) is 23.1. The molecular weight excluding hydrogens is 406 g/mol. The molecule has 1 aromatic heterocycles. The predicted molar refractivity (Wildman–Crippen MR) is 124 cm³/mol. The number of hydrogen-bond donors (Lipinski definition) is 3. The minimum absolute atomic E-state index is 0.140. The molecule has 3 aromatic carbocycles. The number of nitrogens with two attached hydrogens (primary N) is 1. The van der Waals surface area contributed by atoms with Gasteiger partial charge >= 0.3 is 5.97 Å². The van der Waals surface area contributed by atoms with Gasteiger partial charge in [0.15, 0.2) is 0 Å². The van der Waals surface area contributed by atoms with Crippen LogP contribution in [0.3, 0.4) is 0 Å². The van der Waals surface area contributed by atoms with Gasteiger partial charge in [-0.3, -0.25) is 14.2 Å². The van der Waals surface area contributed by atoms with Crippen LogP contribution in [0.1, 0.15) is 38.0 Å².